The van der Waals surface area contributed by atoms with Gasteiger partial charge < -0.3 is 9.80 Å². The third-order valence-corrected chi connectivity index (χ3v) is 14.4. The van der Waals surface area contributed by atoms with Crippen LogP contribution >= 0.6 is 0 Å². The number of nitrogens with zero attached hydrogens (tertiary/aromatic N) is 2. The Morgan fingerprint density at radius 1 is 0.293 bits per heavy atom. The molecular formula is C56H50N2. The first-order valence-electron chi connectivity index (χ1n) is 22.0. The largest absolute Gasteiger partial charge is 0.310 e. The van der Waals surface area contributed by atoms with Crippen LogP contribution in [0.4, 0.5) is 34.1 Å². The van der Waals surface area contributed by atoms with E-state index in [1.165, 1.54) is 173 Å². The fraction of sp³-hybridized carbons (Fsp3) is 0.250. The summed E-state index contributed by atoms with van der Waals surface area (Å²) in [6, 6.07) is 48.4. The van der Waals surface area contributed by atoms with Gasteiger partial charge in [0.05, 0.1) is 11.4 Å². The van der Waals surface area contributed by atoms with Crippen LogP contribution in [0.25, 0.3) is 32.3 Å². The van der Waals surface area contributed by atoms with Crippen molar-refractivity contribution in [2.45, 2.75) is 90.9 Å². The molecule has 12 rings (SSSR count). The summed E-state index contributed by atoms with van der Waals surface area (Å²) in [5, 5.41) is 7.82. The predicted octanol–water partition coefficient (Wildman–Crippen LogP) is 14.7. The first-order chi connectivity index (χ1) is 28.5. The molecule has 284 valence electrons. The maximum atomic E-state index is 2.60. The molecule has 2 nitrogen and oxygen atoms in total. The third kappa shape index (κ3) is 5.44. The molecule has 0 saturated carbocycles. The fourth-order valence-electron chi connectivity index (χ4n) is 11.2. The number of hydrogen-bond acceptors (Lipinski definition) is 2. The van der Waals surface area contributed by atoms with E-state index in [9.17, 15) is 0 Å². The molecular weight excluding hydrogens is 701 g/mol. The van der Waals surface area contributed by atoms with Gasteiger partial charge in [0.2, 0.25) is 0 Å². The van der Waals surface area contributed by atoms with Gasteiger partial charge in [0.1, 0.15) is 0 Å². The second-order valence-corrected chi connectivity index (χ2v) is 17.8. The van der Waals surface area contributed by atoms with Crippen LogP contribution < -0.4 is 9.80 Å². The van der Waals surface area contributed by atoms with Crippen molar-refractivity contribution in [2.75, 3.05) is 9.80 Å². The first kappa shape index (κ1) is 34.2. The molecule has 2 heteroatoms. The van der Waals surface area contributed by atoms with E-state index in [0.29, 0.717) is 0 Å². The van der Waals surface area contributed by atoms with E-state index < -0.39 is 0 Å². The van der Waals surface area contributed by atoms with Gasteiger partial charge in [-0.2, -0.15) is 0 Å². The minimum atomic E-state index is 1.16. The molecule has 8 aromatic carbocycles. The lowest BCUT2D eigenvalue weighted by molar-refractivity contribution is 0.911. The number of anilines is 6. The predicted molar refractivity (Wildman–Crippen MR) is 246 cm³/mol. The smallest absolute Gasteiger partial charge is 0.0546 e. The van der Waals surface area contributed by atoms with Crippen molar-refractivity contribution in [3.63, 3.8) is 0 Å². The molecule has 0 aliphatic heterocycles. The molecule has 0 unspecified atom stereocenters. The minimum Gasteiger partial charge on any atom is -0.310 e. The molecule has 0 fully saturated rings. The molecule has 0 aromatic heterocycles. The summed E-state index contributed by atoms with van der Waals surface area (Å²) < 4.78 is 0. The van der Waals surface area contributed by atoms with Crippen molar-refractivity contribution in [2.24, 2.45) is 0 Å². The second-order valence-electron chi connectivity index (χ2n) is 17.8. The number of fused-ring (bicyclic) bond motifs is 9. The Labute approximate surface area is 342 Å². The Morgan fingerprint density at radius 3 is 1.05 bits per heavy atom. The average Bonchev–Trinajstić information content (AvgIpc) is 4.09. The summed E-state index contributed by atoms with van der Waals surface area (Å²) in [6.07, 6.45) is 14.4. The summed E-state index contributed by atoms with van der Waals surface area (Å²) in [6.45, 7) is 4.57. The molecule has 0 amide bonds. The molecule has 58 heavy (non-hydrogen) atoms. The molecule has 0 spiro atoms. The van der Waals surface area contributed by atoms with Gasteiger partial charge in [0.25, 0.3) is 0 Å². The SMILES string of the molecule is Cc1cc2c(N(c3ccc4c(c3)CCC4)c3ccc4c(c3)CCC4)cc3c4ccccc4c(N(c4ccc5c(c4)CCC5)c4ccc5c(c4)CCC5)cc3c2cc1C. The highest BCUT2D eigenvalue weighted by Crippen LogP contribution is 2.49. The van der Waals surface area contributed by atoms with Gasteiger partial charge in [-0.05, 0) is 235 Å². The molecule has 0 saturated heterocycles. The van der Waals surface area contributed by atoms with Crippen LogP contribution in [-0.4, -0.2) is 0 Å². The molecule has 0 radical (unpaired) electrons. The maximum Gasteiger partial charge on any atom is 0.0546 e. The van der Waals surface area contributed by atoms with Crippen LogP contribution in [-0.2, 0) is 51.4 Å². The standard InChI is InChI=1S/C56H50N2/c1-35-27-51-53-34-55(57(45-23-19-37-9-5-13-41(37)29-45)46-24-20-38-10-6-14-42(38)30-46)50-18-4-3-17-49(50)52(53)33-56(54(51)28-36(35)2)58(47-25-21-39-11-7-15-43(39)31-47)48-26-22-40-12-8-16-44(40)32-48/h3-4,17-34H,5-16H2,1-2H3. The monoisotopic (exact) mass is 750 g/mol. The van der Waals surface area contributed by atoms with E-state index in [1.807, 2.05) is 0 Å². The zero-order valence-corrected chi connectivity index (χ0v) is 33.9. The summed E-state index contributed by atoms with van der Waals surface area (Å²) in [5.41, 5.74) is 22.3. The lowest BCUT2D eigenvalue weighted by Gasteiger charge is -2.31. The number of aryl methyl sites for hydroxylation is 10. The molecule has 0 N–H and O–H groups in total. The normalized spacial score (nSPS) is 15.3. The Hall–Kier alpha value is -5.86. The highest BCUT2D eigenvalue weighted by Gasteiger charge is 2.26. The van der Waals surface area contributed by atoms with Gasteiger partial charge in [0.15, 0.2) is 0 Å². The summed E-state index contributed by atoms with van der Waals surface area (Å²) in [5.74, 6) is 0. The average molecular weight is 751 g/mol. The lowest BCUT2D eigenvalue weighted by Crippen LogP contribution is -2.13. The van der Waals surface area contributed by atoms with Gasteiger partial charge in [0, 0.05) is 33.5 Å². The molecule has 8 aromatic rings. The fourth-order valence-corrected chi connectivity index (χ4v) is 11.2. The Bertz CT molecular complexity index is 2890. The van der Waals surface area contributed by atoms with E-state index in [1.54, 1.807) is 0 Å². The summed E-state index contributed by atoms with van der Waals surface area (Å²) in [7, 11) is 0. The van der Waals surface area contributed by atoms with Crippen molar-refractivity contribution in [1.82, 2.24) is 0 Å². The van der Waals surface area contributed by atoms with E-state index in [0.717, 1.165) is 25.7 Å². The van der Waals surface area contributed by atoms with E-state index >= 15 is 0 Å². The highest BCUT2D eigenvalue weighted by atomic mass is 15.2. The molecule has 0 atom stereocenters. The van der Waals surface area contributed by atoms with Crippen LogP contribution in [0.1, 0.15) is 81.3 Å². The maximum absolute atomic E-state index is 2.60. The van der Waals surface area contributed by atoms with Gasteiger partial charge in [-0.25, -0.2) is 0 Å². The number of rotatable bonds is 6. The van der Waals surface area contributed by atoms with E-state index in [2.05, 4.69) is 145 Å². The zero-order valence-electron chi connectivity index (χ0n) is 33.9. The minimum absolute atomic E-state index is 1.16. The highest BCUT2D eigenvalue weighted by molar-refractivity contribution is 6.24. The summed E-state index contributed by atoms with van der Waals surface area (Å²) in [4.78, 5) is 5.18. The quantitative estimate of drug-likeness (QED) is 0.156. The Kier molecular flexibility index (Phi) is 7.87. The first-order valence-corrected chi connectivity index (χ1v) is 22.0. The van der Waals surface area contributed by atoms with Crippen molar-refractivity contribution in [3.8, 4) is 0 Å². The van der Waals surface area contributed by atoms with Crippen LogP contribution in [0.3, 0.4) is 0 Å². The number of hydrogen-bond donors (Lipinski definition) is 0. The van der Waals surface area contributed by atoms with Gasteiger partial charge in [-0.1, -0.05) is 54.6 Å². The van der Waals surface area contributed by atoms with Crippen LogP contribution in [0.15, 0.2) is 121 Å². The van der Waals surface area contributed by atoms with Crippen molar-refractivity contribution in [1.29, 1.82) is 0 Å². The van der Waals surface area contributed by atoms with Crippen LogP contribution in [0.2, 0.25) is 0 Å². The Morgan fingerprint density at radius 2 is 0.621 bits per heavy atom. The van der Waals surface area contributed by atoms with Crippen molar-refractivity contribution >= 4 is 66.4 Å². The zero-order chi connectivity index (χ0) is 38.5. The summed E-state index contributed by atoms with van der Waals surface area (Å²) >= 11 is 0. The van der Waals surface area contributed by atoms with Gasteiger partial charge >= 0.3 is 0 Å². The molecule has 0 bridgehead atoms. The topological polar surface area (TPSA) is 6.48 Å². The van der Waals surface area contributed by atoms with Gasteiger partial charge in [-0.15, -0.1) is 0 Å². The van der Waals surface area contributed by atoms with E-state index in [4.69, 9.17) is 0 Å². The third-order valence-electron chi connectivity index (χ3n) is 14.4. The molecule has 0 heterocycles. The van der Waals surface area contributed by atoms with E-state index in [-0.39, 0.29) is 0 Å². The van der Waals surface area contributed by atoms with Crippen molar-refractivity contribution < 1.29 is 0 Å². The lowest BCUT2D eigenvalue weighted by atomic mass is 9.91. The number of benzene rings is 8. The molecule has 4 aliphatic rings. The van der Waals surface area contributed by atoms with Crippen LogP contribution in [0.5, 0.6) is 0 Å². The molecule has 4 aliphatic carbocycles. The van der Waals surface area contributed by atoms with Crippen molar-refractivity contribution in [3.05, 3.63) is 177 Å². The van der Waals surface area contributed by atoms with Gasteiger partial charge in [-0.3, -0.25) is 0 Å². The van der Waals surface area contributed by atoms with Crippen LogP contribution in [0, 0.1) is 13.8 Å². The Balaban J connectivity index is 1.15. The second kappa shape index (κ2) is 13.3.